The van der Waals surface area contributed by atoms with Crippen LogP contribution < -0.4 is 11.1 Å². The molecule has 4 N–H and O–H groups in total. The molecule has 1 aromatic rings. The lowest BCUT2D eigenvalue weighted by atomic mass is 10.3. The molecule has 0 spiro atoms. The van der Waals surface area contributed by atoms with E-state index >= 15 is 0 Å². The van der Waals surface area contributed by atoms with Crippen LogP contribution in [0.15, 0.2) is 17.6 Å². The first-order valence-electron chi connectivity index (χ1n) is 3.88. The molecule has 0 bridgehead atoms. The molecule has 0 aliphatic rings. The molecule has 0 aliphatic carbocycles. The van der Waals surface area contributed by atoms with Crippen LogP contribution in [0.5, 0.6) is 0 Å². The number of rotatable bonds is 4. The van der Waals surface area contributed by atoms with Gasteiger partial charge >= 0.3 is 0 Å². The summed E-state index contributed by atoms with van der Waals surface area (Å²) in [5.41, 5.74) is 6.11. The second-order valence-corrected chi connectivity index (χ2v) is 2.48. The summed E-state index contributed by atoms with van der Waals surface area (Å²) in [4.78, 5) is 16.6. The molecule has 0 amide bonds. The molecule has 0 fully saturated rings. The van der Waals surface area contributed by atoms with Crippen molar-refractivity contribution in [2.45, 2.75) is 6.42 Å². The van der Waals surface area contributed by atoms with E-state index in [-0.39, 0.29) is 5.96 Å². The first-order chi connectivity index (χ1) is 6.68. The third-order valence-corrected chi connectivity index (χ3v) is 1.44. The highest BCUT2D eigenvalue weighted by molar-refractivity contribution is 5.76. The van der Waals surface area contributed by atoms with Gasteiger partial charge in [-0.3, -0.25) is 0 Å². The largest absolute Gasteiger partial charge is 0.365 e. The molecule has 14 heavy (non-hydrogen) atoms. The molecule has 1 aromatic heterocycles. The first kappa shape index (κ1) is 9.96. The summed E-state index contributed by atoms with van der Waals surface area (Å²) in [6.07, 6.45) is 3.88. The minimum atomic E-state index is -0.849. The molecule has 1 heterocycles. The summed E-state index contributed by atoms with van der Waals surface area (Å²) >= 11 is 0. The van der Waals surface area contributed by atoms with E-state index < -0.39 is 5.03 Å². The summed E-state index contributed by atoms with van der Waals surface area (Å²) < 4.78 is 0. The van der Waals surface area contributed by atoms with Crippen LogP contribution in [0.1, 0.15) is 5.69 Å². The third-order valence-electron chi connectivity index (χ3n) is 1.44. The standard InChI is InChI=1S/C6H10N6O2/c7-6(11-12(13)14)9-2-1-5-3-8-4-10-5/h3-4H,1-2H2,(H,8,10)(H3,7,9,11). The van der Waals surface area contributed by atoms with Crippen LogP contribution >= 0.6 is 0 Å². The Labute approximate surface area is 79.4 Å². The minimum Gasteiger partial charge on any atom is -0.365 e. The van der Waals surface area contributed by atoms with E-state index in [4.69, 9.17) is 5.73 Å². The van der Waals surface area contributed by atoms with E-state index in [9.17, 15) is 10.1 Å². The topological polar surface area (TPSA) is 122 Å². The fourth-order valence-corrected chi connectivity index (χ4v) is 0.870. The quantitative estimate of drug-likeness (QED) is 0.249. The van der Waals surface area contributed by atoms with Crippen molar-refractivity contribution in [1.29, 1.82) is 0 Å². The van der Waals surface area contributed by atoms with Crippen molar-refractivity contribution in [1.82, 2.24) is 15.3 Å². The van der Waals surface area contributed by atoms with Gasteiger partial charge in [0.05, 0.1) is 6.33 Å². The number of aromatic nitrogens is 2. The monoisotopic (exact) mass is 198 g/mol. The van der Waals surface area contributed by atoms with Crippen LogP contribution in [0.3, 0.4) is 0 Å². The Kier molecular flexibility index (Phi) is 3.41. The number of H-pyrrole nitrogens is 1. The maximum absolute atomic E-state index is 9.88. The molecule has 0 aromatic carbocycles. The van der Waals surface area contributed by atoms with Crippen LogP contribution in [0.4, 0.5) is 0 Å². The SMILES string of the molecule is N/C(=N\[N+](=O)[O-])NCCc1cnc[nH]1. The molecule has 76 valence electrons. The van der Waals surface area contributed by atoms with Gasteiger partial charge in [-0.25, -0.2) is 15.1 Å². The molecular weight excluding hydrogens is 188 g/mol. The van der Waals surface area contributed by atoms with Crippen LogP contribution in [-0.2, 0) is 6.42 Å². The fourth-order valence-electron chi connectivity index (χ4n) is 0.870. The number of imidazole rings is 1. The number of hydrazone groups is 1. The Balaban J connectivity index is 2.25. The summed E-state index contributed by atoms with van der Waals surface area (Å²) in [6.45, 7) is 0.464. The normalized spacial score (nSPS) is 11.3. The number of nitro groups is 1. The molecule has 0 atom stereocenters. The maximum atomic E-state index is 9.88. The van der Waals surface area contributed by atoms with Gasteiger partial charge in [0.15, 0.2) is 5.03 Å². The zero-order valence-corrected chi connectivity index (χ0v) is 7.30. The lowest BCUT2D eigenvalue weighted by molar-refractivity contribution is -0.485. The molecule has 0 saturated carbocycles. The van der Waals surface area contributed by atoms with Gasteiger partial charge < -0.3 is 16.0 Å². The molecule has 0 aliphatic heterocycles. The van der Waals surface area contributed by atoms with Crippen molar-refractivity contribution in [3.63, 3.8) is 0 Å². The number of nitrogens with two attached hydrogens (primary N) is 1. The summed E-state index contributed by atoms with van der Waals surface area (Å²) in [5.74, 6) is -0.200. The van der Waals surface area contributed by atoms with Crippen LogP contribution in [0.25, 0.3) is 0 Å². The van der Waals surface area contributed by atoms with E-state index in [2.05, 4.69) is 20.4 Å². The second-order valence-electron chi connectivity index (χ2n) is 2.48. The number of aromatic amines is 1. The Morgan fingerprint density at radius 3 is 3.21 bits per heavy atom. The van der Waals surface area contributed by atoms with Gasteiger partial charge in [0, 0.05) is 24.9 Å². The zero-order valence-electron chi connectivity index (χ0n) is 7.30. The Morgan fingerprint density at radius 1 is 1.86 bits per heavy atom. The van der Waals surface area contributed by atoms with Crippen molar-refractivity contribution < 1.29 is 5.03 Å². The van der Waals surface area contributed by atoms with E-state index in [0.29, 0.717) is 13.0 Å². The smallest absolute Gasteiger partial charge is 0.266 e. The lowest BCUT2D eigenvalue weighted by Crippen LogP contribution is -2.33. The van der Waals surface area contributed by atoms with Crippen molar-refractivity contribution in [3.05, 3.63) is 28.3 Å². The summed E-state index contributed by atoms with van der Waals surface area (Å²) in [7, 11) is 0. The first-order valence-corrected chi connectivity index (χ1v) is 3.88. The summed E-state index contributed by atoms with van der Waals surface area (Å²) in [6, 6.07) is 0. The highest BCUT2D eigenvalue weighted by Gasteiger charge is 1.98. The molecule has 0 saturated heterocycles. The van der Waals surface area contributed by atoms with Gasteiger partial charge in [-0.05, 0) is 0 Å². The zero-order chi connectivity index (χ0) is 10.4. The third kappa shape index (κ3) is 3.52. The Bertz CT molecular complexity index is 319. The predicted octanol–water partition coefficient (Wildman–Crippen LogP) is -0.952. The second kappa shape index (κ2) is 4.80. The van der Waals surface area contributed by atoms with E-state index in [1.54, 1.807) is 12.5 Å². The van der Waals surface area contributed by atoms with E-state index in [1.807, 2.05) is 0 Å². The van der Waals surface area contributed by atoms with Crippen LogP contribution in [-0.4, -0.2) is 27.5 Å². The van der Waals surface area contributed by atoms with Gasteiger partial charge in [-0.15, -0.1) is 0 Å². The van der Waals surface area contributed by atoms with Gasteiger partial charge in [0.1, 0.15) is 5.10 Å². The lowest BCUT2D eigenvalue weighted by Gasteiger charge is -2.00. The van der Waals surface area contributed by atoms with Gasteiger partial charge in [-0.1, -0.05) is 0 Å². The molecule has 0 unspecified atom stereocenters. The molecule has 0 radical (unpaired) electrons. The number of guanidine groups is 1. The van der Waals surface area contributed by atoms with Crippen molar-refractivity contribution in [2.75, 3.05) is 6.54 Å². The molecule has 8 heteroatoms. The van der Waals surface area contributed by atoms with E-state index in [0.717, 1.165) is 5.69 Å². The van der Waals surface area contributed by atoms with E-state index in [1.165, 1.54) is 0 Å². The Morgan fingerprint density at radius 2 is 2.64 bits per heavy atom. The Hall–Kier alpha value is -2.12. The van der Waals surface area contributed by atoms with Gasteiger partial charge in [0.2, 0.25) is 0 Å². The minimum absolute atomic E-state index is 0.200. The predicted molar refractivity (Wildman–Crippen MR) is 48.9 cm³/mol. The van der Waals surface area contributed by atoms with Crippen molar-refractivity contribution in [2.24, 2.45) is 10.8 Å². The number of hydrogen-bond acceptors (Lipinski definition) is 3. The number of hydrogen-bond donors (Lipinski definition) is 3. The maximum Gasteiger partial charge on any atom is 0.266 e. The van der Waals surface area contributed by atoms with Crippen LogP contribution in [0, 0.1) is 10.1 Å². The average molecular weight is 198 g/mol. The summed E-state index contributed by atoms with van der Waals surface area (Å²) in [5, 5.41) is 14.5. The highest BCUT2D eigenvalue weighted by Crippen LogP contribution is 1.89. The fraction of sp³-hybridized carbons (Fsp3) is 0.333. The van der Waals surface area contributed by atoms with Gasteiger partial charge in [-0.2, -0.15) is 0 Å². The van der Waals surface area contributed by atoms with Gasteiger partial charge in [0.25, 0.3) is 5.96 Å². The van der Waals surface area contributed by atoms with Crippen molar-refractivity contribution >= 4 is 5.96 Å². The molecule has 1 rings (SSSR count). The molecular formula is C6H10N6O2. The van der Waals surface area contributed by atoms with Crippen molar-refractivity contribution in [3.8, 4) is 0 Å². The average Bonchev–Trinajstić information content (AvgIpc) is 2.55. The number of nitrogens with one attached hydrogen (secondary N) is 2. The van der Waals surface area contributed by atoms with Crippen LogP contribution in [0.2, 0.25) is 0 Å². The molecule has 8 nitrogen and oxygen atoms in total. The number of nitrogens with zero attached hydrogens (tertiary/aromatic N) is 3. The highest BCUT2D eigenvalue weighted by atomic mass is 16.7.